The first-order chi connectivity index (χ1) is 9.20. The SMILES string of the molecule is COC(=O)c1ccc(C)c(NCC2CCNCC2)c1. The van der Waals surface area contributed by atoms with Crippen LogP contribution in [0.5, 0.6) is 0 Å². The molecule has 4 heteroatoms. The fourth-order valence-corrected chi connectivity index (χ4v) is 2.40. The normalized spacial score (nSPS) is 16.1. The lowest BCUT2D eigenvalue weighted by atomic mass is 9.98. The van der Waals surface area contributed by atoms with E-state index in [1.807, 2.05) is 19.1 Å². The number of esters is 1. The zero-order valence-corrected chi connectivity index (χ0v) is 11.7. The van der Waals surface area contributed by atoms with E-state index in [9.17, 15) is 4.79 Å². The Morgan fingerprint density at radius 3 is 2.84 bits per heavy atom. The fraction of sp³-hybridized carbons (Fsp3) is 0.533. The Morgan fingerprint density at radius 1 is 1.42 bits per heavy atom. The number of benzene rings is 1. The van der Waals surface area contributed by atoms with Gasteiger partial charge < -0.3 is 15.4 Å². The van der Waals surface area contributed by atoms with Crippen LogP contribution in [0.25, 0.3) is 0 Å². The number of hydrogen-bond acceptors (Lipinski definition) is 4. The van der Waals surface area contributed by atoms with Crippen molar-refractivity contribution in [3.05, 3.63) is 29.3 Å². The first-order valence-corrected chi connectivity index (χ1v) is 6.84. The Hall–Kier alpha value is -1.55. The van der Waals surface area contributed by atoms with E-state index in [-0.39, 0.29) is 5.97 Å². The van der Waals surface area contributed by atoms with Crippen LogP contribution in [0.15, 0.2) is 18.2 Å². The molecule has 19 heavy (non-hydrogen) atoms. The van der Waals surface area contributed by atoms with Crippen LogP contribution in [0.2, 0.25) is 0 Å². The van der Waals surface area contributed by atoms with Gasteiger partial charge in [0.25, 0.3) is 0 Å². The number of carbonyl (C=O) groups is 1. The van der Waals surface area contributed by atoms with Crippen molar-refractivity contribution in [3.8, 4) is 0 Å². The number of piperidine rings is 1. The van der Waals surface area contributed by atoms with Gasteiger partial charge in [0.05, 0.1) is 12.7 Å². The number of hydrogen-bond donors (Lipinski definition) is 2. The summed E-state index contributed by atoms with van der Waals surface area (Å²) in [6.45, 7) is 5.22. The van der Waals surface area contributed by atoms with Crippen LogP contribution in [-0.4, -0.2) is 32.7 Å². The number of rotatable bonds is 4. The van der Waals surface area contributed by atoms with Gasteiger partial charge >= 0.3 is 5.97 Å². The maximum atomic E-state index is 11.5. The number of ether oxygens (including phenoxy) is 1. The van der Waals surface area contributed by atoms with Crippen molar-refractivity contribution < 1.29 is 9.53 Å². The molecule has 2 rings (SSSR count). The van der Waals surface area contributed by atoms with E-state index in [0.717, 1.165) is 30.9 Å². The zero-order valence-electron chi connectivity index (χ0n) is 11.7. The monoisotopic (exact) mass is 262 g/mol. The van der Waals surface area contributed by atoms with E-state index in [2.05, 4.69) is 10.6 Å². The molecule has 0 atom stereocenters. The number of nitrogens with one attached hydrogen (secondary N) is 2. The highest BCUT2D eigenvalue weighted by molar-refractivity contribution is 5.90. The summed E-state index contributed by atoms with van der Waals surface area (Å²) in [7, 11) is 1.41. The maximum absolute atomic E-state index is 11.5. The number of aryl methyl sites for hydroxylation is 1. The molecule has 1 saturated heterocycles. The molecule has 0 spiro atoms. The van der Waals surface area contributed by atoms with Crippen LogP contribution in [0.4, 0.5) is 5.69 Å². The smallest absolute Gasteiger partial charge is 0.337 e. The third kappa shape index (κ3) is 3.70. The number of anilines is 1. The molecule has 1 aliphatic heterocycles. The van der Waals surface area contributed by atoms with Crippen molar-refractivity contribution >= 4 is 11.7 Å². The topological polar surface area (TPSA) is 50.4 Å². The van der Waals surface area contributed by atoms with Crippen molar-refractivity contribution in [1.82, 2.24) is 5.32 Å². The predicted octanol–water partition coefficient (Wildman–Crippen LogP) is 2.19. The highest BCUT2D eigenvalue weighted by Gasteiger charge is 2.13. The van der Waals surface area contributed by atoms with E-state index in [1.54, 1.807) is 6.07 Å². The Labute approximate surface area is 114 Å². The zero-order chi connectivity index (χ0) is 13.7. The maximum Gasteiger partial charge on any atom is 0.337 e. The van der Waals surface area contributed by atoms with Crippen molar-refractivity contribution in [2.75, 3.05) is 32.1 Å². The summed E-state index contributed by atoms with van der Waals surface area (Å²) < 4.78 is 4.75. The molecule has 1 heterocycles. The van der Waals surface area contributed by atoms with Gasteiger partial charge in [-0.25, -0.2) is 4.79 Å². The average Bonchev–Trinajstić information content (AvgIpc) is 2.46. The average molecular weight is 262 g/mol. The van der Waals surface area contributed by atoms with Gasteiger partial charge in [0.15, 0.2) is 0 Å². The highest BCUT2D eigenvalue weighted by atomic mass is 16.5. The van der Waals surface area contributed by atoms with Gasteiger partial charge in [0.2, 0.25) is 0 Å². The molecular weight excluding hydrogens is 240 g/mol. The van der Waals surface area contributed by atoms with Crippen molar-refractivity contribution in [1.29, 1.82) is 0 Å². The highest BCUT2D eigenvalue weighted by Crippen LogP contribution is 2.19. The van der Waals surface area contributed by atoms with Gasteiger partial charge in [-0.15, -0.1) is 0 Å². The summed E-state index contributed by atoms with van der Waals surface area (Å²) in [5.74, 6) is 0.423. The summed E-state index contributed by atoms with van der Waals surface area (Å²) in [6, 6.07) is 5.64. The van der Waals surface area contributed by atoms with E-state index in [4.69, 9.17) is 4.74 Å². The van der Waals surface area contributed by atoms with Crippen LogP contribution < -0.4 is 10.6 Å². The van der Waals surface area contributed by atoms with Crippen LogP contribution in [0.3, 0.4) is 0 Å². The predicted molar refractivity (Wildman–Crippen MR) is 76.6 cm³/mol. The minimum atomic E-state index is -0.287. The molecule has 4 nitrogen and oxygen atoms in total. The molecule has 0 unspecified atom stereocenters. The third-order valence-electron chi connectivity index (χ3n) is 3.70. The van der Waals surface area contributed by atoms with Crippen molar-refractivity contribution in [2.24, 2.45) is 5.92 Å². The van der Waals surface area contributed by atoms with E-state index < -0.39 is 0 Å². The number of methoxy groups -OCH3 is 1. The molecule has 1 fully saturated rings. The summed E-state index contributed by atoms with van der Waals surface area (Å²) in [5, 5.41) is 6.83. The molecule has 1 aromatic rings. The number of carbonyl (C=O) groups excluding carboxylic acids is 1. The molecule has 2 N–H and O–H groups in total. The minimum absolute atomic E-state index is 0.287. The first-order valence-electron chi connectivity index (χ1n) is 6.84. The first kappa shape index (κ1) is 13.9. The second-order valence-electron chi connectivity index (χ2n) is 5.10. The molecule has 1 aliphatic rings. The summed E-state index contributed by atoms with van der Waals surface area (Å²) >= 11 is 0. The fourth-order valence-electron chi connectivity index (χ4n) is 2.40. The Balaban J connectivity index is 2.00. The molecule has 0 aliphatic carbocycles. The third-order valence-corrected chi connectivity index (χ3v) is 3.70. The van der Waals surface area contributed by atoms with Crippen LogP contribution in [0.1, 0.15) is 28.8 Å². The van der Waals surface area contributed by atoms with E-state index >= 15 is 0 Å². The van der Waals surface area contributed by atoms with Gasteiger partial charge in [-0.3, -0.25) is 0 Å². The lowest BCUT2D eigenvalue weighted by Gasteiger charge is -2.23. The molecule has 104 valence electrons. The summed E-state index contributed by atoms with van der Waals surface area (Å²) in [4.78, 5) is 11.5. The lowest BCUT2D eigenvalue weighted by molar-refractivity contribution is 0.0601. The molecule has 0 bridgehead atoms. The largest absolute Gasteiger partial charge is 0.465 e. The molecule has 1 aromatic carbocycles. The Bertz CT molecular complexity index is 440. The Kier molecular flexibility index (Phi) is 4.80. The lowest BCUT2D eigenvalue weighted by Crippen LogP contribution is -2.31. The van der Waals surface area contributed by atoms with Gasteiger partial charge in [-0.05, 0) is 56.5 Å². The summed E-state index contributed by atoms with van der Waals surface area (Å²) in [6.07, 6.45) is 2.42. The van der Waals surface area contributed by atoms with Gasteiger partial charge in [-0.1, -0.05) is 6.07 Å². The summed E-state index contributed by atoms with van der Waals surface area (Å²) in [5.41, 5.74) is 2.78. The van der Waals surface area contributed by atoms with Crippen LogP contribution in [0, 0.1) is 12.8 Å². The molecule has 0 radical (unpaired) electrons. The van der Waals surface area contributed by atoms with Gasteiger partial charge in [0.1, 0.15) is 0 Å². The standard InChI is InChI=1S/C15H22N2O2/c1-11-3-4-13(15(18)19-2)9-14(11)17-10-12-5-7-16-8-6-12/h3-4,9,12,16-17H,5-8,10H2,1-2H3. The minimum Gasteiger partial charge on any atom is -0.465 e. The second kappa shape index (κ2) is 6.57. The van der Waals surface area contributed by atoms with Gasteiger partial charge in [0, 0.05) is 12.2 Å². The Morgan fingerprint density at radius 2 is 2.16 bits per heavy atom. The molecular formula is C15H22N2O2. The molecule has 0 saturated carbocycles. The van der Waals surface area contributed by atoms with Gasteiger partial charge in [-0.2, -0.15) is 0 Å². The quantitative estimate of drug-likeness (QED) is 0.817. The van der Waals surface area contributed by atoms with E-state index in [1.165, 1.54) is 20.0 Å². The van der Waals surface area contributed by atoms with Crippen molar-refractivity contribution in [2.45, 2.75) is 19.8 Å². The van der Waals surface area contributed by atoms with Crippen molar-refractivity contribution in [3.63, 3.8) is 0 Å². The van der Waals surface area contributed by atoms with Crippen LogP contribution >= 0.6 is 0 Å². The molecule has 0 amide bonds. The second-order valence-corrected chi connectivity index (χ2v) is 5.10. The van der Waals surface area contributed by atoms with E-state index in [0.29, 0.717) is 11.5 Å². The van der Waals surface area contributed by atoms with Crippen LogP contribution in [-0.2, 0) is 4.74 Å². The molecule has 0 aromatic heterocycles.